The van der Waals surface area contributed by atoms with Crippen LogP contribution in [0, 0.1) is 5.21 Å². The monoisotopic (exact) mass is 429 g/mol. The zero-order valence-electron chi connectivity index (χ0n) is 18.5. The van der Waals surface area contributed by atoms with Crippen molar-refractivity contribution in [1.29, 1.82) is 0 Å². The number of rotatable bonds is 7. The normalized spacial score (nSPS) is 13.1. The van der Waals surface area contributed by atoms with Crippen molar-refractivity contribution < 1.29 is 9.47 Å². The summed E-state index contributed by atoms with van der Waals surface area (Å²) in [6, 6.07) is 13.5. The minimum atomic E-state index is 0.595. The van der Waals surface area contributed by atoms with Crippen LogP contribution in [0.4, 0.5) is 0 Å². The number of hydrogen-bond acceptors (Lipinski definition) is 5. The topological polar surface area (TPSA) is 70.1 Å². The second-order valence-electron chi connectivity index (χ2n) is 8.45. The number of benzene rings is 1. The molecule has 5 rings (SSSR count). The van der Waals surface area contributed by atoms with Gasteiger partial charge in [-0.05, 0) is 57.6 Å². The number of pyridine rings is 2. The van der Waals surface area contributed by atoms with E-state index in [1.165, 1.54) is 5.69 Å². The van der Waals surface area contributed by atoms with Gasteiger partial charge < -0.3 is 14.8 Å². The van der Waals surface area contributed by atoms with Gasteiger partial charge in [0.05, 0.1) is 23.8 Å². The summed E-state index contributed by atoms with van der Waals surface area (Å²) in [7, 11) is 4.09. The third kappa shape index (κ3) is 3.80. The molecule has 4 heterocycles. The molecule has 0 spiro atoms. The maximum atomic E-state index is 12.7. The molecule has 3 aromatic heterocycles. The van der Waals surface area contributed by atoms with Gasteiger partial charge in [0.15, 0.2) is 6.20 Å². The maximum absolute atomic E-state index is 12.7. The van der Waals surface area contributed by atoms with Crippen LogP contribution in [-0.2, 0) is 13.0 Å². The molecule has 4 aromatic rings. The van der Waals surface area contributed by atoms with Crippen LogP contribution in [0.15, 0.2) is 54.9 Å². The largest absolute Gasteiger partial charge is 0.618 e. The van der Waals surface area contributed by atoms with Crippen molar-refractivity contribution >= 4 is 10.9 Å². The van der Waals surface area contributed by atoms with Gasteiger partial charge in [-0.1, -0.05) is 6.07 Å². The Morgan fingerprint density at radius 2 is 2.09 bits per heavy atom. The van der Waals surface area contributed by atoms with Crippen LogP contribution in [-0.4, -0.2) is 46.9 Å². The first kappa shape index (κ1) is 20.5. The first-order valence-corrected chi connectivity index (χ1v) is 11.1. The summed E-state index contributed by atoms with van der Waals surface area (Å²) >= 11 is 0. The highest BCUT2D eigenvalue weighted by Gasteiger charge is 2.26. The van der Waals surface area contributed by atoms with Crippen molar-refractivity contribution in [3.8, 4) is 28.3 Å². The van der Waals surface area contributed by atoms with Gasteiger partial charge in [0.2, 0.25) is 5.52 Å². The SMILES string of the molecule is CN(C)CCCOc1ccc2c(-c3c(-c4ccccn4)nn4c3CCC4)cc[n+]([O-])c2c1. The van der Waals surface area contributed by atoms with E-state index in [4.69, 9.17) is 9.84 Å². The van der Waals surface area contributed by atoms with Crippen molar-refractivity contribution in [2.75, 3.05) is 27.2 Å². The molecule has 7 nitrogen and oxygen atoms in total. The van der Waals surface area contributed by atoms with Gasteiger partial charge in [-0.25, -0.2) is 0 Å². The summed E-state index contributed by atoms with van der Waals surface area (Å²) in [6.07, 6.45) is 6.34. The van der Waals surface area contributed by atoms with Crippen LogP contribution >= 0.6 is 0 Å². The summed E-state index contributed by atoms with van der Waals surface area (Å²) in [5.41, 5.74) is 5.60. The van der Waals surface area contributed by atoms with Gasteiger partial charge in [-0.15, -0.1) is 0 Å². The smallest absolute Gasteiger partial charge is 0.228 e. The first-order chi connectivity index (χ1) is 15.6. The molecule has 1 aromatic carbocycles. The molecule has 7 heteroatoms. The predicted molar refractivity (Wildman–Crippen MR) is 124 cm³/mol. The van der Waals surface area contributed by atoms with Crippen LogP contribution in [0.1, 0.15) is 18.5 Å². The minimum absolute atomic E-state index is 0.595. The molecule has 0 fully saturated rings. The highest BCUT2D eigenvalue weighted by molar-refractivity contribution is 5.98. The molecule has 164 valence electrons. The van der Waals surface area contributed by atoms with Gasteiger partial charge in [-0.3, -0.25) is 9.67 Å². The second-order valence-corrected chi connectivity index (χ2v) is 8.45. The average Bonchev–Trinajstić information content (AvgIpc) is 3.40. The Bertz CT molecular complexity index is 1250. The van der Waals surface area contributed by atoms with Crippen molar-refractivity contribution in [2.45, 2.75) is 25.8 Å². The van der Waals surface area contributed by atoms with E-state index in [1.807, 2.05) is 56.6 Å². The zero-order chi connectivity index (χ0) is 22.1. The zero-order valence-corrected chi connectivity index (χ0v) is 18.5. The van der Waals surface area contributed by atoms with Gasteiger partial charge in [0.1, 0.15) is 11.4 Å². The Morgan fingerprint density at radius 3 is 2.91 bits per heavy atom. The van der Waals surface area contributed by atoms with E-state index in [9.17, 15) is 5.21 Å². The molecule has 0 radical (unpaired) electrons. The third-order valence-corrected chi connectivity index (χ3v) is 5.91. The molecule has 32 heavy (non-hydrogen) atoms. The second kappa shape index (κ2) is 8.59. The van der Waals surface area contributed by atoms with Crippen molar-refractivity contribution in [1.82, 2.24) is 19.7 Å². The summed E-state index contributed by atoms with van der Waals surface area (Å²) in [4.78, 5) is 6.68. The summed E-state index contributed by atoms with van der Waals surface area (Å²) < 4.78 is 8.91. The van der Waals surface area contributed by atoms with Crippen LogP contribution in [0.3, 0.4) is 0 Å². The number of aryl methyl sites for hydroxylation is 1. The fourth-order valence-electron chi connectivity index (χ4n) is 4.41. The van der Waals surface area contributed by atoms with Crippen molar-refractivity contribution in [3.63, 3.8) is 0 Å². The molecular formula is C25H27N5O2. The van der Waals surface area contributed by atoms with Gasteiger partial charge in [0.25, 0.3) is 0 Å². The summed E-state index contributed by atoms with van der Waals surface area (Å²) in [5.74, 6) is 0.711. The molecule has 0 atom stereocenters. The van der Waals surface area contributed by atoms with Crippen LogP contribution in [0.2, 0.25) is 0 Å². The molecule has 0 saturated heterocycles. The molecule has 0 unspecified atom stereocenters. The molecule has 0 N–H and O–H groups in total. The van der Waals surface area contributed by atoms with Crippen LogP contribution in [0.5, 0.6) is 5.75 Å². The molecule has 0 bridgehead atoms. The summed E-state index contributed by atoms with van der Waals surface area (Å²) in [5, 5.41) is 18.5. The fourth-order valence-corrected chi connectivity index (χ4v) is 4.41. The fraction of sp³-hybridized carbons (Fsp3) is 0.320. The van der Waals surface area contributed by atoms with E-state index in [1.54, 1.807) is 12.4 Å². The van der Waals surface area contributed by atoms with E-state index in [2.05, 4.69) is 14.6 Å². The number of nitrogens with zero attached hydrogens (tertiary/aromatic N) is 5. The Morgan fingerprint density at radius 1 is 1.19 bits per heavy atom. The lowest BCUT2D eigenvalue weighted by molar-refractivity contribution is -0.576. The van der Waals surface area contributed by atoms with Crippen molar-refractivity contribution in [3.05, 3.63) is 65.8 Å². The quantitative estimate of drug-likeness (QED) is 0.255. The van der Waals surface area contributed by atoms with E-state index >= 15 is 0 Å². The van der Waals surface area contributed by atoms with Crippen LogP contribution in [0.25, 0.3) is 33.4 Å². The van der Waals surface area contributed by atoms with Crippen molar-refractivity contribution in [2.24, 2.45) is 0 Å². The number of fused-ring (bicyclic) bond motifs is 2. The van der Waals surface area contributed by atoms with Gasteiger partial charge in [0, 0.05) is 42.2 Å². The lowest BCUT2D eigenvalue weighted by Gasteiger charge is -2.12. The Hall–Kier alpha value is -3.45. The Balaban J connectivity index is 1.58. The lowest BCUT2D eigenvalue weighted by atomic mass is 9.96. The first-order valence-electron chi connectivity index (χ1n) is 11.1. The average molecular weight is 430 g/mol. The Kier molecular flexibility index (Phi) is 5.49. The number of aromatic nitrogens is 4. The standard InChI is InChI=1S/C25H27N5O2/c1-28(2)13-6-16-32-18-9-10-19-20(11-15-30(31)23(19)17-18)24-22-8-5-14-29(22)27-25(24)21-7-3-4-12-26-21/h3-4,7,9-12,15,17H,5-6,8,13-14,16H2,1-2H3. The van der Waals surface area contributed by atoms with E-state index < -0.39 is 0 Å². The minimum Gasteiger partial charge on any atom is -0.618 e. The number of hydrogen-bond donors (Lipinski definition) is 0. The van der Waals surface area contributed by atoms with E-state index in [-0.39, 0.29) is 0 Å². The van der Waals surface area contributed by atoms with E-state index in [0.29, 0.717) is 17.9 Å². The molecular weight excluding hydrogens is 402 g/mol. The molecule has 0 aliphatic carbocycles. The highest BCUT2D eigenvalue weighted by Crippen LogP contribution is 2.39. The Labute approximate surface area is 187 Å². The third-order valence-electron chi connectivity index (χ3n) is 5.91. The van der Waals surface area contributed by atoms with Crippen LogP contribution < -0.4 is 9.47 Å². The number of ether oxygens (including phenoxy) is 1. The molecule has 1 aliphatic rings. The summed E-state index contributed by atoms with van der Waals surface area (Å²) in [6.45, 7) is 2.48. The lowest BCUT2D eigenvalue weighted by Crippen LogP contribution is -2.26. The van der Waals surface area contributed by atoms with Gasteiger partial charge >= 0.3 is 0 Å². The molecule has 0 saturated carbocycles. The molecule has 0 amide bonds. The van der Waals surface area contributed by atoms with Gasteiger partial charge in [-0.2, -0.15) is 9.83 Å². The highest BCUT2D eigenvalue weighted by atomic mass is 16.5. The maximum Gasteiger partial charge on any atom is 0.228 e. The predicted octanol–water partition coefficient (Wildman–Crippen LogP) is 3.68. The molecule has 1 aliphatic heterocycles. The van der Waals surface area contributed by atoms with E-state index in [0.717, 1.165) is 65.0 Å².